The van der Waals surface area contributed by atoms with Crippen LogP contribution in [0.15, 0.2) is 33.2 Å². The molecule has 0 saturated carbocycles. The Morgan fingerprint density at radius 2 is 1.32 bits per heavy atom. The third-order valence-corrected chi connectivity index (χ3v) is 5.20. The summed E-state index contributed by atoms with van der Waals surface area (Å²) in [4.78, 5) is 21.2. The highest BCUT2D eigenvalue weighted by atomic mass is 79.9. The summed E-state index contributed by atoms with van der Waals surface area (Å²) in [5.41, 5.74) is 0.844. The molecule has 0 amide bonds. The normalized spacial score (nSPS) is 9.61. The number of carboxylic acid groups (broad SMARTS) is 2. The van der Waals surface area contributed by atoms with Gasteiger partial charge < -0.3 is 34.6 Å². The summed E-state index contributed by atoms with van der Waals surface area (Å²) in [5, 5.41) is 35.5. The molecule has 2 aromatic carbocycles. The maximum atomic E-state index is 10.8. The van der Waals surface area contributed by atoms with Crippen LogP contribution in [0.25, 0.3) is 0 Å². The molecule has 0 heterocycles. The number of aryl methyl sites for hydroxylation is 1. The highest BCUT2D eigenvalue weighted by Gasteiger charge is 2.12. The van der Waals surface area contributed by atoms with Gasteiger partial charge in [-0.3, -0.25) is 0 Å². The molecule has 0 saturated heterocycles. The maximum absolute atomic E-state index is 10.8. The van der Waals surface area contributed by atoms with Crippen LogP contribution in [0.2, 0.25) is 0 Å². The van der Waals surface area contributed by atoms with Crippen LogP contribution in [0.5, 0.6) is 17.2 Å². The van der Waals surface area contributed by atoms with E-state index >= 15 is 0 Å². The number of carbonyl (C=O) groups is 2. The number of halogens is 2. The minimum atomic E-state index is -1.20. The van der Waals surface area contributed by atoms with Crippen molar-refractivity contribution in [2.24, 2.45) is 0 Å². The quantitative estimate of drug-likeness (QED) is 0.367. The standard InChI is InChI=1S/C10H11BrO4.C7H5BrO4.C3H8O/c1-6-3-7(10(12)13)4-8(9(6)11)15-5-14-2;8-6-4(9)1-3(7(11)12)2-5(6)10;1-3-4-2/h3-4H,5H2,1-2H3,(H,12,13);1-2,9-10H,(H,11,12);3H2,1-2H3. The van der Waals surface area contributed by atoms with Gasteiger partial charge in [-0.15, -0.1) is 0 Å². The summed E-state index contributed by atoms with van der Waals surface area (Å²) in [6.45, 7) is 4.66. The van der Waals surface area contributed by atoms with Crippen LogP contribution < -0.4 is 4.74 Å². The van der Waals surface area contributed by atoms with Gasteiger partial charge >= 0.3 is 11.9 Å². The monoisotopic (exact) mass is 566 g/mol. The summed E-state index contributed by atoms with van der Waals surface area (Å²) in [5.74, 6) is -2.31. The Morgan fingerprint density at radius 3 is 1.71 bits per heavy atom. The van der Waals surface area contributed by atoms with E-state index in [0.717, 1.165) is 28.8 Å². The van der Waals surface area contributed by atoms with Gasteiger partial charge in [0.05, 0.1) is 15.6 Å². The van der Waals surface area contributed by atoms with Crippen LogP contribution in [0, 0.1) is 6.92 Å². The van der Waals surface area contributed by atoms with Gasteiger partial charge in [0.15, 0.2) is 6.79 Å². The van der Waals surface area contributed by atoms with Gasteiger partial charge in [0.2, 0.25) is 0 Å². The number of ether oxygens (including phenoxy) is 3. The zero-order valence-corrected chi connectivity index (χ0v) is 20.5. The van der Waals surface area contributed by atoms with E-state index in [0.29, 0.717) is 5.75 Å². The molecule has 172 valence electrons. The summed E-state index contributed by atoms with van der Waals surface area (Å²) in [7, 11) is 3.18. The molecule has 0 aliphatic carbocycles. The van der Waals surface area contributed by atoms with E-state index in [1.165, 1.54) is 13.2 Å². The fourth-order valence-corrected chi connectivity index (χ4v) is 2.38. The molecule has 0 bridgehead atoms. The number of carboxylic acids is 2. The zero-order valence-electron chi connectivity index (χ0n) is 17.3. The van der Waals surface area contributed by atoms with Gasteiger partial charge in [0.25, 0.3) is 0 Å². The summed E-state index contributed by atoms with van der Waals surface area (Å²) >= 11 is 6.19. The van der Waals surface area contributed by atoms with E-state index in [1.807, 2.05) is 6.92 Å². The van der Waals surface area contributed by atoms with Crippen molar-refractivity contribution in [3.63, 3.8) is 0 Å². The second-order valence-electron chi connectivity index (χ2n) is 5.67. The van der Waals surface area contributed by atoms with Crippen LogP contribution in [0.1, 0.15) is 33.2 Å². The SMILES string of the molecule is CCOC.COCOc1cc(C(=O)O)cc(C)c1Br.O=C(O)c1cc(O)c(Br)c(O)c1. The predicted molar refractivity (Wildman–Crippen MR) is 120 cm³/mol. The maximum Gasteiger partial charge on any atom is 0.335 e. The van der Waals surface area contributed by atoms with Crippen molar-refractivity contribution in [2.75, 3.05) is 27.6 Å². The molecule has 0 atom stereocenters. The number of hydrogen-bond acceptors (Lipinski definition) is 7. The lowest BCUT2D eigenvalue weighted by molar-refractivity contribution is 0.0501. The molecule has 0 fully saturated rings. The van der Waals surface area contributed by atoms with Crippen LogP contribution in [0.3, 0.4) is 0 Å². The zero-order chi connectivity index (χ0) is 24.1. The Bertz CT molecular complexity index is 860. The number of benzene rings is 2. The lowest BCUT2D eigenvalue weighted by Crippen LogP contribution is -2.03. The van der Waals surface area contributed by atoms with Gasteiger partial charge in [0.1, 0.15) is 21.7 Å². The first kappa shape index (κ1) is 28.7. The number of phenolic OH excluding ortho intramolecular Hbond substituents is 2. The van der Waals surface area contributed by atoms with Crippen LogP contribution >= 0.6 is 31.9 Å². The lowest BCUT2D eigenvalue weighted by Gasteiger charge is -2.10. The molecule has 2 aromatic rings. The molecule has 9 nitrogen and oxygen atoms in total. The Kier molecular flexibility index (Phi) is 13.5. The lowest BCUT2D eigenvalue weighted by atomic mass is 10.1. The average molecular weight is 568 g/mol. The fourth-order valence-electron chi connectivity index (χ4n) is 1.81. The third kappa shape index (κ3) is 10.0. The van der Waals surface area contributed by atoms with Crippen molar-refractivity contribution in [3.05, 3.63) is 49.9 Å². The van der Waals surface area contributed by atoms with Crippen molar-refractivity contribution in [3.8, 4) is 17.2 Å². The number of phenols is 2. The molecular formula is C20H24Br2O9. The number of aromatic carboxylic acids is 2. The Labute approximate surface area is 196 Å². The van der Waals surface area contributed by atoms with Crippen molar-refractivity contribution < 1.29 is 44.2 Å². The summed E-state index contributed by atoms with van der Waals surface area (Å²) in [6.07, 6.45) is 0. The van der Waals surface area contributed by atoms with E-state index in [1.54, 1.807) is 20.1 Å². The minimum Gasteiger partial charge on any atom is -0.507 e. The molecule has 11 heteroatoms. The Balaban J connectivity index is 0.000000504. The van der Waals surface area contributed by atoms with Crippen molar-refractivity contribution in [1.29, 1.82) is 0 Å². The van der Waals surface area contributed by atoms with E-state index in [-0.39, 0.29) is 33.9 Å². The molecule has 0 radical (unpaired) electrons. The first-order chi connectivity index (χ1) is 14.5. The second-order valence-corrected chi connectivity index (χ2v) is 7.26. The largest absolute Gasteiger partial charge is 0.507 e. The molecule has 4 N–H and O–H groups in total. The van der Waals surface area contributed by atoms with Crippen molar-refractivity contribution in [1.82, 2.24) is 0 Å². The van der Waals surface area contributed by atoms with E-state index in [9.17, 15) is 9.59 Å². The predicted octanol–water partition coefficient (Wildman–Crippen LogP) is 4.65. The number of hydrogen-bond donors (Lipinski definition) is 4. The molecular weight excluding hydrogens is 544 g/mol. The fraction of sp³-hybridized carbons (Fsp3) is 0.300. The van der Waals surface area contributed by atoms with E-state index < -0.39 is 11.9 Å². The van der Waals surface area contributed by atoms with Crippen molar-refractivity contribution in [2.45, 2.75) is 13.8 Å². The first-order valence-corrected chi connectivity index (χ1v) is 10.2. The van der Waals surface area contributed by atoms with Gasteiger partial charge in [-0.1, -0.05) is 0 Å². The smallest absolute Gasteiger partial charge is 0.335 e. The Hall–Kier alpha value is -2.34. The minimum absolute atomic E-state index is 0.0844. The molecule has 31 heavy (non-hydrogen) atoms. The highest BCUT2D eigenvalue weighted by Crippen LogP contribution is 2.33. The van der Waals surface area contributed by atoms with Gasteiger partial charge in [-0.05, 0) is 75.5 Å². The molecule has 0 aliphatic heterocycles. The second kappa shape index (κ2) is 14.6. The summed E-state index contributed by atoms with van der Waals surface area (Å²) < 4.78 is 15.3. The van der Waals surface area contributed by atoms with Crippen LogP contribution in [-0.2, 0) is 9.47 Å². The number of rotatable bonds is 6. The Morgan fingerprint density at radius 1 is 0.871 bits per heavy atom. The van der Waals surface area contributed by atoms with Crippen LogP contribution in [-0.4, -0.2) is 60.0 Å². The average Bonchev–Trinajstić information content (AvgIpc) is 2.72. The van der Waals surface area contributed by atoms with Gasteiger partial charge in [-0.2, -0.15) is 0 Å². The number of aromatic hydroxyl groups is 2. The van der Waals surface area contributed by atoms with Gasteiger partial charge in [-0.25, -0.2) is 9.59 Å². The molecule has 0 aliphatic rings. The topological polar surface area (TPSA) is 143 Å². The third-order valence-electron chi connectivity index (χ3n) is 3.37. The molecule has 0 aromatic heterocycles. The van der Waals surface area contributed by atoms with Gasteiger partial charge in [0, 0.05) is 20.8 Å². The van der Waals surface area contributed by atoms with E-state index in [2.05, 4.69) is 36.6 Å². The first-order valence-electron chi connectivity index (χ1n) is 8.58. The molecule has 0 spiro atoms. The molecule has 2 rings (SSSR count). The van der Waals surface area contributed by atoms with Crippen molar-refractivity contribution >= 4 is 43.8 Å². The summed E-state index contributed by atoms with van der Waals surface area (Å²) in [6, 6.07) is 5.13. The highest BCUT2D eigenvalue weighted by molar-refractivity contribution is 9.11. The molecule has 0 unspecified atom stereocenters. The van der Waals surface area contributed by atoms with E-state index in [4.69, 9.17) is 29.9 Å². The number of methoxy groups -OCH3 is 2. The van der Waals surface area contributed by atoms with Crippen LogP contribution in [0.4, 0.5) is 0 Å².